The number of amides is 1. The van der Waals surface area contributed by atoms with Crippen molar-refractivity contribution in [1.82, 2.24) is 4.90 Å². The van der Waals surface area contributed by atoms with Gasteiger partial charge in [-0.1, -0.05) is 37.3 Å². The summed E-state index contributed by atoms with van der Waals surface area (Å²) in [4.78, 5) is 26.1. The first-order valence-corrected chi connectivity index (χ1v) is 11.2. The van der Waals surface area contributed by atoms with E-state index in [0.717, 1.165) is 41.9 Å². The molecule has 1 aromatic heterocycles. The van der Waals surface area contributed by atoms with E-state index >= 15 is 0 Å². The average molecular weight is 450 g/mol. The zero-order chi connectivity index (χ0) is 23.6. The minimum absolute atomic E-state index is 0.0624. The third-order valence-electron chi connectivity index (χ3n) is 5.56. The lowest BCUT2D eigenvalue weighted by Gasteiger charge is -2.20. The van der Waals surface area contributed by atoms with Gasteiger partial charge in [-0.05, 0) is 49.6 Å². The molecule has 0 fully saturated rings. The molecule has 0 N–H and O–H groups in total. The monoisotopic (exact) mass is 449 g/mol. The average Bonchev–Trinajstić information content (AvgIpc) is 3.38. The highest BCUT2D eigenvalue weighted by molar-refractivity contribution is 5.94. The molecule has 1 atom stereocenters. The van der Waals surface area contributed by atoms with Crippen LogP contribution in [0.25, 0.3) is 11.3 Å². The first-order valence-electron chi connectivity index (χ1n) is 11.2. The maximum Gasteiger partial charge on any atom is 0.308 e. The molecule has 0 radical (unpaired) electrons. The molecule has 0 bridgehead atoms. The fourth-order valence-corrected chi connectivity index (χ4v) is 3.60. The van der Waals surface area contributed by atoms with Gasteiger partial charge in [0.05, 0.1) is 25.9 Å². The lowest BCUT2D eigenvalue weighted by Crippen LogP contribution is -2.26. The quantitative estimate of drug-likeness (QED) is 0.282. The van der Waals surface area contributed by atoms with E-state index in [0.29, 0.717) is 18.7 Å². The summed E-state index contributed by atoms with van der Waals surface area (Å²) in [5, 5.41) is 0. The summed E-state index contributed by atoms with van der Waals surface area (Å²) in [7, 11) is 3.20. The molecule has 0 aliphatic heterocycles. The number of methoxy groups -OCH3 is 1. The van der Waals surface area contributed by atoms with Gasteiger partial charge in [0, 0.05) is 30.3 Å². The van der Waals surface area contributed by atoms with Crippen molar-refractivity contribution in [3.8, 4) is 17.1 Å². The Morgan fingerprint density at radius 3 is 2.45 bits per heavy atom. The summed E-state index contributed by atoms with van der Waals surface area (Å²) in [6, 6.07) is 18.9. The third kappa shape index (κ3) is 6.72. The number of esters is 1. The topological polar surface area (TPSA) is 69.0 Å². The van der Waals surface area contributed by atoms with E-state index in [1.54, 1.807) is 18.2 Å². The number of ether oxygens (including phenoxy) is 2. The van der Waals surface area contributed by atoms with Crippen LogP contribution >= 0.6 is 0 Å². The number of unbranched alkanes of at least 4 members (excludes halogenated alkanes) is 1. The van der Waals surface area contributed by atoms with Crippen LogP contribution in [0.5, 0.6) is 5.75 Å². The number of benzene rings is 2. The van der Waals surface area contributed by atoms with Crippen LogP contribution in [0.2, 0.25) is 0 Å². The van der Waals surface area contributed by atoms with Crippen LogP contribution in [0.3, 0.4) is 0 Å². The summed E-state index contributed by atoms with van der Waals surface area (Å²) >= 11 is 0. The Kier molecular flexibility index (Phi) is 8.70. The van der Waals surface area contributed by atoms with Gasteiger partial charge in [0.2, 0.25) is 0 Å². The highest BCUT2D eigenvalue weighted by Gasteiger charge is 2.15. The van der Waals surface area contributed by atoms with Gasteiger partial charge in [-0.2, -0.15) is 0 Å². The lowest BCUT2D eigenvalue weighted by molar-refractivity contribution is -0.145. The molecule has 3 rings (SSSR count). The van der Waals surface area contributed by atoms with Gasteiger partial charge in [0.1, 0.15) is 11.5 Å². The Morgan fingerprint density at radius 2 is 1.76 bits per heavy atom. The van der Waals surface area contributed by atoms with E-state index in [4.69, 9.17) is 13.9 Å². The molecule has 6 heteroatoms. The molecule has 6 nitrogen and oxygen atoms in total. The molecule has 0 saturated heterocycles. The van der Waals surface area contributed by atoms with Gasteiger partial charge in [-0.3, -0.25) is 9.59 Å². The Labute approximate surface area is 195 Å². The molecule has 0 saturated carbocycles. The summed E-state index contributed by atoms with van der Waals surface area (Å²) < 4.78 is 16.1. The van der Waals surface area contributed by atoms with E-state index < -0.39 is 0 Å². The van der Waals surface area contributed by atoms with E-state index in [2.05, 4.69) is 0 Å². The molecular weight excluding hydrogens is 418 g/mol. The third-order valence-corrected chi connectivity index (χ3v) is 5.56. The molecule has 0 aliphatic carbocycles. The molecule has 1 amide bonds. The second kappa shape index (κ2) is 11.9. The molecule has 1 unspecified atom stereocenters. The normalized spacial score (nSPS) is 11.6. The van der Waals surface area contributed by atoms with Crippen LogP contribution in [0.1, 0.15) is 42.1 Å². The van der Waals surface area contributed by atoms with E-state index in [1.807, 2.05) is 67.6 Å². The summed E-state index contributed by atoms with van der Waals surface area (Å²) in [5.74, 6) is 1.20. The number of para-hydroxylation sites is 1. The van der Waals surface area contributed by atoms with Gasteiger partial charge in [0.25, 0.3) is 5.91 Å². The molecule has 0 aliphatic rings. The standard InChI is InChI=1S/C27H31NO5/c1-20(27(30)31-3)9-6-7-17-32-25-11-5-4-10-23(25)19-28(2)26(29)22-15-13-21(14-16-22)24-12-8-18-33-24/h4-5,8,10-16,18,20H,6-7,9,17,19H2,1-3H3. The van der Waals surface area contributed by atoms with Crippen LogP contribution in [-0.4, -0.2) is 37.5 Å². The number of carbonyl (C=O) groups excluding carboxylic acids is 2. The molecule has 33 heavy (non-hydrogen) atoms. The second-order valence-electron chi connectivity index (χ2n) is 8.09. The van der Waals surface area contributed by atoms with Crippen molar-refractivity contribution in [3.05, 3.63) is 78.1 Å². The highest BCUT2D eigenvalue weighted by Crippen LogP contribution is 2.23. The van der Waals surface area contributed by atoms with Crippen molar-refractivity contribution in [2.45, 2.75) is 32.7 Å². The number of carbonyl (C=O) groups is 2. The van der Waals surface area contributed by atoms with Crippen molar-refractivity contribution in [3.63, 3.8) is 0 Å². The molecule has 2 aromatic carbocycles. The van der Waals surface area contributed by atoms with Crippen LogP contribution < -0.4 is 4.74 Å². The maximum absolute atomic E-state index is 12.9. The first-order chi connectivity index (χ1) is 16.0. The van der Waals surface area contributed by atoms with Crippen molar-refractivity contribution in [2.24, 2.45) is 5.92 Å². The van der Waals surface area contributed by atoms with Gasteiger partial charge < -0.3 is 18.8 Å². The van der Waals surface area contributed by atoms with Crippen molar-refractivity contribution < 1.29 is 23.5 Å². The number of hydrogen-bond acceptors (Lipinski definition) is 5. The van der Waals surface area contributed by atoms with Crippen LogP contribution in [0, 0.1) is 5.92 Å². The summed E-state index contributed by atoms with van der Waals surface area (Å²) in [6.07, 6.45) is 4.12. The Hall–Kier alpha value is -3.54. The number of nitrogens with zero attached hydrogens (tertiary/aromatic N) is 1. The molecule has 1 heterocycles. The smallest absolute Gasteiger partial charge is 0.308 e. The number of hydrogen-bond donors (Lipinski definition) is 0. The first kappa shape index (κ1) is 24.1. The van der Waals surface area contributed by atoms with Crippen LogP contribution in [0.4, 0.5) is 0 Å². The van der Waals surface area contributed by atoms with E-state index in [1.165, 1.54) is 7.11 Å². The second-order valence-corrected chi connectivity index (χ2v) is 8.09. The predicted octanol–water partition coefficient (Wildman–Crippen LogP) is 5.58. The fraction of sp³-hybridized carbons (Fsp3) is 0.333. The molecule has 0 spiro atoms. The van der Waals surface area contributed by atoms with Gasteiger partial charge >= 0.3 is 5.97 Å². The zero-order valence-electron chi connectivity index (χ0n) is 19.5. The lowest BCUT2D eigenvalue weighted by atomic mass is 10.0. The Morgan fingerprint density at radius 1 is 1.00 bits per heavy atom. The Bertz CT molecular complexity index is 1030. The Balaban J connectivity index is 1.53. The van der Waals surface area contributed by atoms with E-state index in [9.17, 15) is 9.59 Å². The minimum Gasteiger partial charge on any atom is -0.493 e. The highest BCUT2D eigenvalue weighted by atomic mass is 16.5. The molecule has 3 aromatic rings. The number of rotatable bonds is 11. The van der Waals surface area contributed by atoms with Gasteiger partial charge in [0.15, 0.2) is 0 Å². The predicted molar refractivity (Wildman–Crippen MR) is 127 cm³/mol. The summed E-state index contributed by atoms with van der Waals surface area (Å²) in [6.45, 7) is 2.87. The maximum atomic E-state index is 12.9. The molecular formula is C27H31NO5. The van der Waals surface area contributed by atoms with Gasteiger partial charge in [-0.25, -0.2) is 0 Å². The fourth-order valence-electron chi connectivity index (χ4n) is 3.60. The van der Waals surface area contributed by atoms with Gasteiger partial charge in [-0.15, -0.1) is 0 Å². The van der Waals surface area contributed by atoms with Crippen molar-refractivity contribution in [1.29, 1.82) is 0 Å². The van der Waals surface area contributed by atoms with Crippen molar-refractivity contribution in [2.75, 3.05) is 20.8 Å². The van der Waals surface area contributed by atoms with Crippen LogP contribution in [0.15, 0.2) is 71.3 Å². The minimum atomic E-state index is -0.176. The van der Waals surface area contributed by atoms with E-state index in [-0.39, 0.29) is 17.8 Å². The number of furan rings is 1. The largest absolute Gasteiger partial charge is 0.493 e. The van der Waals surface area contributed by atoms with Crippen LogP contribution in [-0.2, 0) is 16.1 Å². The zero-order valence-corrected chi connectivity index (χ0v) is 19.5. The van der Waals surface area contributed by atoms with Crippen molar-refractivity contribution >= 4 is 11.9 Å². The molecule has 174 valence electrons. The SMILES string of the molecule is COC(=O)C(C)CCCCOc1ccccc1CN(C)C(=O)c1ccc(-c2ccco2)cc1. The summed E-state index contributed by atoms with van der Waals surface area (Å²) in [5.41, 5.74) is 2.49.